The Morgan fingerprint density at radius 2 is 1.87 bits per heavy atom. The van der Waals surface area contributed by atoms with E-state index in [0.29, 0.717) is 18.9 Å². The van der Waals surface area contributed by atoms with E-state index in [1.165, 1.54) is 6.07 Å². The standard InChI is InChI=1S/C11H12F3N/c12-11(13,14)10-2-1-8-3-7(6-15)4-9(8)5-10/h1-2,5,7H,3-4,6,15H2. The van der Waals surface area contributed by atoms with Gasteiger partial charge in [0.2, 0.25) is 0 Å². The molecule has 0 heterocycles. The fourth-order valence-corrected chi connectivity index (χ4v) is 2.05. The molecule has 15 heavy (non-hydrogen) atoms. The smallest absolute Gasteiger partial charge is 0.330 e. The van der Waals surface area contributed by atoms with Gasteiger partial charge in [-0.2, -0.15) is 13.2 Å². The van der Waals surface area contributed by atoms with E-state index >= 15 is 0 Å². The zero-order chi connectivity index (χ0) is 11.1. The molecule has 1 aromatic rings. The van der Waals surface area contributed by atoms with E-state index in [-0.39, 0.29) is 0 Å². The Labute approximate surface area is 86.1 Å². The van der Waals surface area contributed by atoms with Gasteiger partial charge < -0.3 is 5.73 Å². The maximum absolute atomic E-state index is 12.4. The van der Waals surface area contributed by atoms with Crippen molar-refractivity contribution in [3.63, 3.8) is 0 Å². The Kier molecular flexibility index (Phi) is 2.46. The predicted octanol–water partition coefficient (Wildman–Crippen LogP) is 2.38. The minimum absolute atomic E-state index is 0.309. The molecule has 0 fully saturated rings. The second kappa shape index (κ2) is 3.52. The Balaban J connectivity index is 2.30. The van der Waals surface area contributed by atoms with Gasteiger partial charge >= 0.3 is 6.18 Å². The maximum atomic E-state index is 12.4. The summed E-state index contributed by atoms with van der Waals surface area (Å²) in [5.41, 5.74) is 6.78. The number of hydrogen-bond donors (Lipinski definition) is 1. The number of rotatable bonds is 1. The molecule has 0 saturated carbocycles. The van der Waals surface area contributed by atoms with E-state index in [0.717, 1.165) is 23.6 Å². The van der Waals surface area contributed by atoms with Crippen molar-refractivity contribution in [3.8, 4) is 0 Å². The van der Waals surface area contributed by atoms with Crippen LogP contribution in [0.25, 0.3) is 0 Å². The SMILES string of the molecule is NCC1Cc2ccc(C(F)(F)F)cc2C1. The summed E-state index contributed by atoms with van der Waals surface area (Å²) in [6.45, 7) is 0.538. The first-order valence-electron chi connectivity index (χ1n) is 4.90. The van der Waals surface area contributed by atoms with Gasteiger partial charge in [-0.3, -0.25) is 0 Å². The van der Waals surface area contributed by atoms with Crippen LogP contribution in [0.1, 0.15) is 16.7 Å². The Bertz CT molecular complexity index is 371. The van der Waals surface area contributed by atoms with Gasteiger partial charge in [0.25, 0.3) is 0 Å². The van der Waals surface area contributed by atoms with Crippen LogP contribution in [0.3, 0.4) is 0 Å². The molecule has 1 unspecified atom stereocenters. The van der Waals surface area contributed by atoms with Crippen LogP contribution < -0.4 is 5.73 Å². The minimum atomic E-state index is -4.24. The molecule has 0 aliphatic heterocycles. The first kappa shape index (κ1) is 10.5. The highest BCUT2D eigenvalue weighted by molar-refractivity contribution is 5.37. The summed E-state index contributed by atoms with van der Waals surface area (Å²) in [5, 5.41) is 0. The lowest BCUT2D eigenvalue weighted by atomic mass is 10.1. The van der Waals surface area contributed by atoms with Crippen LogP contribution in [0.2, 0.25) is 0 Å². The van der Waals surface area contributed by atoms with Crippen LogP contribution in [-0.4, -0.2) is 6.54 Å². The van der Waals surface area contributed by atoms with E-state index in [2.05, 4.69) is 0 Å². The Morgan fingerprint density at radius 1 is 1.20 bits per heavy atom. The number of benzene rings is 1. The lowest BCUT2D eigenvalue weighted by Gasteiger charge is -2.08. The summed E-state index contributed by atoms with van der Waals surface area (Å²) >= 11 is 0. The molecule has 82 valence electrons. The summed E-state index contributed by atoms with van der Waals surface area (Å²) in [6.07, 6.45) is -2.75. The zero-order valence-electron chi connectivity index (χ0n) is 8.14. The van der Waals surface area contributed by atoms with Crippen molar-refractivity contribution in [3.05, 3.63) is 34.9 Å². The molecule has 1 atom stereocenters. The van der Waals surface area contributed by atoms with Crippen LogP contribution in [0.5, 0.6) is 0 Å². The molecule has 0 spiro atoms. The molecule has 2 rings (SSSR count). The van der Waals surface area contributed by atoms with Crippen LogP contribution in [-0.2, 0) is 19.0 Å². The van der Waals surface area contributed by atoms with Crippen molar-refractivity contribution >= 4 is 0 Å². The number of nitrogens with two attached hydrogens (primary N) is 1. The molecule has 0 amide bonds. The van der Waals surface area contributed by atoms with E-state index < -0.39 is 11.7 Å². The monoisotopic (exact) mass is 215 g/mol. The van der Waals surface area contributed by atoms with Crippen molar-refractivity contribution in [1.29, 1.82) is 0 Å². The number of fused-ring (bicyclic) bond motifs is 1. The number of alkyl halides is 3. The van der Waals surface area contributed by atoms with Crippen LogP contribution in [0, 0.1) is 5.92 Å². The van der Waals surface area contributed by atoms with Crippen molar-refractivity contribution in [2.24, 2.45) is 11.7 Å². The molecule has 1 aliphatic rings. The van der Waals surface area contributed by atoms with E-state index in [1.54, 1.807) is 6.07 Å². The van der Waals surface area contributed by atoms with Crippen molar-refractivity contribution < 1.29 is 13.2 Å². The van der Waals surface area contributed by atoms with Crippen molar-refractivity contribution in [2.75, 3.05) is 6.54 Å². The first-order valence-corrected chi connectivity index (χ1v) is 4.90. The zero-order valence-corrected chi connectivity index (χ0v) is 8.14. The average Bonchev–Trinajstić information content (AvgIpc) is 2.57. The molecular weight excluding hydrogens is 203 g/mol. The normalized spacial score (nSPS) is 20.4. The summed E-state index contributed by atoms with van der Waals surface area (Å²) in [6, 6.07) is 3.98. The van der Waals surface area contributed by atoms with Gasteiger partial charge in [-0.15, -0.1) is 0 Å². The fraction of sp³-hybridized carbons (Fsp3) is 0.455. The summed E-state index contributed by atoms with van der Waals surface area (Å²) in [4.78, 5) is 0. The fourth-order valence-electron chi connectivity index (χ4n) is 2.05. The molecule has 2 N–H and O–H groups in total. The van der Waals surface area contributed by atoms with Gasteiger partial charge in [0.1, 0.15) is 0 Å². The summed E-state index contributed by atoms with van der Waals surface area (Å²) in [5.74, 6) is 0.309. The average molecular weight is 215 g/mol. The molecule has 1 aliphatic carbocycles. The van der Waals surface area contributed by atoms with Gasteiger partial charge in [-0.25, -0.2) is 0 Å². The highest BCUT2D eigenvalue weighted by Crippen LogP contribution is 2.34. The van der Waals surface area contributed by atoms with E-state index in [1.807, 2.05) is 0 Å². The minimum Gasteiger partial charge on any atom is -0.330 e. The molecule has 0 bridgehead atoms. The van der Waals surface area contributed by atoms with Gasteiger partial charge in [0.15, 0.2) is 0 Å². The van der Waals surface area contributed by atoms with Crippen molar-refractivity contribution in [2.45, 2.75) is 19.0 Å². The highest BCUT2D eigenvalue weighted by atomic mass is 19.4. The topological polar surface area (TPSA) is 26.0 Å². The summed E-state index contributed by atoms with van der Waals surface area (Å²) in [7, 11) is 0. The Hall–Kier alpha value is -1.03. The molecule has 0 radical (unpaired) electrons. The quantitative estimate of drug-likeness (QED) is 0.764. The molecule has 0 saturated heterocycles. The highest BCUT2D eigenvalue weighted by Gasteiger charge is 2.32. The van der Waals surface area contributed by atoms with Crippen LogP contribution in [0.15, 0.2) is 18.2 Å². The largest absolute Gasteiger partial charge is 0.416 e. The number of halogens is 3. The molecule has 0 aromatic heterocycles. The van der Waals surface area contributed by atoms with Gasteiger partial charge in [0.05, 0.1) is 5.56 Å². The lowest BCUT2D eigenvalue weighted by molar-refractivity contribution is -0.137. The Morgan fingerprint density at radius 3 is 2.47 bits per heavy atom. The summed E-state index contributed by atoms with van der Waals surface area (Å²) < 4.78 is 37.2. The lowest BCUT2D eigenvalue weighted by Crippen LogP contribution is -2.13. The molecule has 4 heteroatoms. The first-order chi connectivity index (χ1) is 7.00. The predicted molar refractivity (Wildman–Crippen MR) is 51.4 cm³/mol. The second-order valence-electron chi connectivity index (χ2n) is 3.99. The molecule has 1 aromatic carbocycles. The third kappa shape index (κ3) is 2.00. The molecular formula is C11H12F3N. The van der Waals surface area contributed by atoms with Gasteiger partial charge in [-0.05, 0) is 48.6 Å². The van der Waals surface area contributed by atoms with Crippen molar-refractivity contribution in [1.82, 2.24) is 0 Å². The number of hydrogen-bond acceptors (Lipinski definition) is 1. The van der Waals surface area contributed by atoms with E-state index in [4.69, 9.17) is 5.73 Å². The third-order valence-corrected chi connectivity index (χ3v) is 2.88. The van der Waals surface area contributed by atoms with Crippen LogP contribution in [0.4, 0.5) is 13.2 Å². The van der Waals surface area contributed by atoms with Gasteiger partial charge in [0, 0.05) is 0 Å². The van der Waals surface area contributed by atoms with Crippen LogP contribution >= 0.6 is 0 Å². The maximum Gasteiger partial charge on any atom is 0.416 e. The third-order valence-electron chi connectivity index (χ3n) is 2.88. The molecule has 1 nitrogen and oxygen atoms in total. The van der Waals surface area contributed by atoms with E-state index in [9.17, 15) is 13.2 Å². The second-order valence-corrected chi connectivity index (χ2v) is 3.99. The van der Waals surface area contributed by atoms with Gasteiger partial charge in [-0.1, -0.05) is 6.07 Å².